The van der Waals surface area contributed by atoms with Crippen LogP contribution in [0, 0.1) is 0 Å². The van der Waals surface area contributed by atoms with Gasteiger partial charge in [0.25, 0.3) is 0 Å². The highest BCUT2D eigenvalue weighted by Gasteiger charge is 2.11. The van der Waals surface area contributed by atoms with Crippen LogP contribution >= 0.6 is 23.2 Å². The second-order valence-electron chi connectivity index (χ2n) is 3.68. The predicted molar refractivity (Wildman–Crippen MR) is 65.5 cm³/mol. The van der Waals surface area contributed by atoms with Crippen LogP contribution in [0.15, 0.2) is 30.4 Å². The molecule has 0 saturated heterocycles. The SMILES string of the molecule is C=C(C)CCC(O)c1ccc(Cl)cc1Cl. The average Bonchev–Trinajstić information content (AvgIpc) is 2.14. The summed E-state index contributed by atoms with van der Waals surface area (Å²) in [7, 11) is 0. The van der Waals surface area contributed by atoms with E-state index in [0.29, 0.717) is 16.5 Å². The molecule has 1 aromatic rings. The van der Waals surface area contributed by atoms with E-state index in [-0.39, 0.29) is 0 Å². The summed E-state index contributed by atoms with van der Waals surface area (Å²) in [5.74, 6) is 0. The Morgan fingerprint density at radius 2 is 2.13 bits per heavy atom. The average molecular weight is 245 g/mol. The maximum Gasteiger partial charge on any atom is 0.0807 e. The van der Waals surface area contributed by atoms with Gasteiger partial charge in [-0.2, -0.15) is 0 Å². The van der Waals surface area contributed by atoms with Crippen molar-refractivity contribution in [3.8, 4) is 0 Å². The standard InChI is InChI=1S/C12H14Cl2O/c1-8(2)3-6-12(15)10-5-4-9(13)7-11(10)14/h4-5,7,12,15H,1,3,6H2,2H3. The predicted octanol–water partition coefficient (Wildman–Crippen LogP) is 4.38. The van der Waals surface area contributed by atoms with Crippen molar-refractivity contribution in [1.29, 1.82) is 0 Å². The van der Waals surface area contributed by atoms with Gasteiger partial charge in [0.05, 0.1) is 6.10 Å². The van der Waals surface area contributed by atoms with Gasteiger partial charge in [-0.15, -0.1) is 6.58 Å². The van der Waals surface area contributed by atoms with E-state index >= 15 is 0 Å². The molecule has 0 radical (unpaired) electrons. The van der Waals surface area contributed by atoms with Crippen molar-refractivity contribution in [2.75, 3.05) is 0 Å². The second-order valence-corrected chi connectivity index (χ2v) is 4.52. The van der Waals surface area contributed by atoms with Gasteiger partial charge in [-0.05, 0) is 37.5 Å². The van der Waals surface area contributed by atoms with E-state index in [9.17, 15) is 5.11 Å². The summed E-state index contributed by atoms with van der Waals surface area (Å²) in [6.45, 7) is 5.73. The first-order valence-electron chi connectivity index (χ1n) is 4.78. The van der Waals surface area contributed by atoms with Crippen LogP contribution < -0.4 is 0 Å². The van der Waals surface area contributed by atoms with E-state index in [0.717, 1.165) is 17.6 Å². The first-order valence-corrected chi connectivity index (χ1v) is 5.53. The molecule has 3 heteroatoms. The van der Waals surface area contributed by atoms with Crippen LogP contribution in [0.2, 0.25) is 10.0 Å². The number of halogens is 2. The van der Waals surface area contributed by atoms with Crippen molar-refractivity contribution in [2.45, 2.75) is 25.9 Å². The maximum atomic E-state index is 9.87. The van der Waals surface area contributed by atoms with E-state index in [1.54, 1.807) is 18.2 Å². The van der Waals surface area contributed by atoms with Crippen LogP contribution in [-0.2, 0) is 0 Å². The lowest BCUT2D eigenvalue weighted by Crippen LogP contribution is -1.98. The lowest BCUT2D eigenvalue weighted by Gasteiger charge is -2.12. The van der Waals surface area contributed by atoms with Gasteiger partial charge in [-0.1, -0.05) is 34.8 Å². The van der Waals surface area contributed by atoms with Crippen LogP contribution in [0.5, 0.6) is 0 Å². The number of aliphatic hydroxyl groups excluding tert-OH is 1. The Balaban J connectivity index is 2.73. The van der Waals surface area contributed by atoms with Gasteiger partial charge < -0.3 is 5.11 Å². The molecule has 1 N–H and O–H groups in total. The summed E-state index contributed by atoms with van der Waals surface area (Å²) in [6, 6.07) is 5.13. The van der Waals surface area contributed by atoms with Gasteiger partial charge in [-0.3, -0.25) is 0 Å². The quantitative estimate of drug-likeness (QED) is 0.780. The summed E-state index contributed by atoms with van der Waals surface area (Å²) in [5.41, 5.74) is 1.78. The third kappa shape index (κ3) is 3.86. The molecule has 0 spiro atoms. The number of benzene rings is 1. The highest BCUT2D eigenvalue weighted by molar-refractivity contribution is 6.35. The van der Waals surface area contributed by atoms with Gasteiger partial charge in [0.1, 0.15) is 0 Å². The lowest BCUT2D eigenvalue weighted by atomic mass is 10.0. The Kier molecular flexibility index (Phi) is 4.65. The minimum absolute atomic E-state index is 0.511. The number of aliphatic hydroxyl groups is 1. The summed E-state index contributed by atoms with van der Waals surface area (Å²) >= 11 is 11.7. The molecular formula is C12H14Cl2O. The topological polar surface area (TPSA) is 20.2 Å². The normalized spacial score (nSPS) is 12.5. The van der Waals surface area contributed by atoms with Gasteiger partial charge in [0, 0.05) is 10.0 Å². The molecule has 0 heterocycles. The van der Waals surface area contributed by atoms with Gasteiger partial charge in [0.2, 0.25) is 0 Å². The molecule has 0 saturated carbocycles. The zero-order valence-corrected chi connectivity index (χ0v) is 10.1. The molecule has 0 amide bonds. The summed E-state index contributed by atoms with van der Waals surface area (Å²) in [5, 5.41) is 11.0. The van der Waals surface area contributed by atoms with Crippen LogP contribution in [-0.4, -0.2) is 5.11 Å². The fraction of sp³-hybridized carbons (Fsp3) is 0.333. The lowest BCUT2D eigenvalue weighted by molar-refractivity contribution is 0.168. The Hall–Kier alpha value is -0.500. The van der Waals surface area contributed by atoms with Crippen molar-refractivity contribution in [3.05, 3.63) is 46.0 Å². The van der Waals surface area contributed by atoms with Gasteiger partial charge in [-0.25, -0.2) is 0 Å². The summed E-state index contributed by atoms with van der Waals surface area (Å²) in [6.07, 6.45) is 0.878. The Bertz CT molecular complexity index is 361. The highest BCUT2D eigenvalue weighted by Crippen LogP contribution is 2.29. The fourth-order valence-electron chi connectivity index (χ4n) is 1.31. The van der Waals surface area contributed by atoms with E-state index in [1.807, 2.05) is 6.92 Å². The van der Waals surface area contributed by atoms with E-state index < -0.39 is 6.10 Å². The molecule has 1 nitrogen and oxygen atoms in total. The number of hydrogen-bond donors (Lipinski definition) is 1. The monoisotopic (exact) mass is 244 g/mol. The molecule has 0 aliphatic carbocycles. The van der Waals surface area contributed by atoms with Crippen molar-refractivity contribution in [2.24, 2.45) is 0 Å². The molecule has 0 aliphatic heterocycles. The van der Waals surface area contributed by atoms with Crippen molar-refractivity contribution in [1.82, 2.24) is 0 Å². The molecule has 1 aromatic carbocycles. The fourth-order valence-corrected chi connectivity index (χ4v) is 1.84. The molecule has 0 bridgehead atoms. The second kappa shape index (κ2) is 5.55. The largest absolute Gasteiger partial charge is 0.388 e. The molecule has 0 aromatic heterocycles. The minimum atomic E-state index is -0.550. The molecule has 0 aliphatic rings. The Morgan fingerprint density at radius 1 is 1.47 bits per heavy atom. The van der Waals surface area contributed by atoms with E-state index in [1.165, 1.54) is 0 Å². The number of rotatable bonds is 4. The zero-order valence-electron chi connectivity index (χ0n) is 8.63. The van der Waals surface area contributed by atoms with Crippen LogP contribution in [0.4, 0.5) is 0 Å². The molecule has 1 atom stereocenters. The number of hydrogen-bond acceptors (Lipinski definition) is 1. The highest BCUT2D eigenvalue weighted by atomic mass is 35.5. The maximum absolute atomic E-state index is 9.87. The van der Waals surface area contributed by atoms with E-state index in [2.05, 4.69) is 6.58 Å². The zero-order chi connectivity index (χ0) is 11.4. The first kappa shape index (κ1) is 12.6. The van der Waals surface area contributed by atoms with E-state index in [4.69, 9.17) is 23.2 Å². The van der Waals surface area contributed by atoms with Crippen LogP contribution in [0.1, 0.15) is 31.4 Å². The smallest absolute Gasteiger partial charge is 0.0807 e. The third-order valence-electron chi connectivity index (χ3n) is 2.17. The Labute approximate surface area is 100 Å². The Morgan fingerprint density at radius 3 is 2.67 bits per heavy atom. The third-order valence-corrected chi connectivity index (χ3v) is 2.73. The molecule has 1 rings (SSSR count). The van der Waals surface area contributed by atoms with Gasteiger partial charge >= 0.3 is 0 Å². The molecular weight excluding hydrogens is 231 g/mol. The molecule has 1 unspecified atom stereocenters. The molecule has 82 valence electrons. The summed E-state index contributed by atoms with van der Waals surface area (Å²) in [4.78, 5) is 0. The molecule has 15 heavy (non-hydrogen) atoms. The van der Waals surface area contributed by atoms with Gasteiger partial charge in [0.15, 0.2) is 0 Å². The minimum Gasteiger partial charge on any atom is -0.388 e. The van der Waals surface area contributed by atoms with Crippen LogP contribution in [0.25, 0.3) is 0 Å². The first-order chi connectivity index (χ1) is 7.00. The summed E-state index contributed by atoms with van der Waals surface area (Å²) < 4.78 is 0. The van der Waals surface area contributed by atoms with Crippen molar-refractivity contribution >= 4 is 23.2 Å². The van der Waals surface area contributed by atoms with Crippen molar-refractivity contribution in [3.63, 3.8) is 0 Å². The number of allylic oxidation sites excluding steroid dienone is 1. The van der Waals surface area contributed by atoms with Crippen LogP contribution in [0.3, 0.4) is 0 Å². The van der Waals surface area contributed by atoms with Crippen molar-refractivity contribution < 1.29 is 5.11 Å². The molecule has 0 fully saturated rings.